The Morgan fingerprint density at radius 1 is 1.07 bits per heavy atom. The maximum Gasteiger partial charge on any atom is 0.309 e. The number of amides is 2. The molecule has 1 aromatic carbocycles. The van der Waals surface area contributed by atoms with Crippen molar-refractivity contribution in [3.8, 4) is 0 Å². The summed E-state index contributed by atoms with van der Waals surface area (Å²) in [6.07, 6.45) is 4.16. The van der Waals surface area contributed by atoms with Crippen molar-refractivity contribution in [3.63, 3.8) is 0 Å². The fraction of sp³-hybridized carbons (Fsp3) is 0.579. The van der Waals surface area contributed by atoms with E-state index in [1.165, 1.54) is 0 Å². The van der Waals surface area contributed by atoms with Crippen molar-refractivity contribution >= 4 is 21.8 Å². The maximum atomic E-state index is 12.6. The molecular weight excluding hydrogens is 366 g/mol. The van der Waals surface area contributed by atoms with Gasteiger partial charge in [0.2, 0.25) is 10.0 Å². The zero-order valence-corrected chi connectivity index (χ0v) is 16.8. The molecule has 8 heteroatoms. The van der Waals surface area contributed by atoms with E-state index in [2.05, 4.69) is 10.6 Å². The van der Waals surface area contributed by atoms with E-state index in [1.807, 2.05) is 13.8 Å². The molecule has 0 saturated carbocycles. The van der Waals surface area contributed by atoms with E-state index in [-0.39, 0.29) is 6.04 Å². The second kappa shape index (κ2) is 9.85. The lowest BCUT2D eigenvalue weighted by Crippen LogP contribution is -2.43. The molecule has 1 aromatic rings. The second-order valence-electron chi connectivity index (χ2n) is 6.90. The Bertz CT molecular complexity index is 741. The molecule has 2 amide bonds. The molecule has 0 aliphatic carbocycles. The second-order valence-corrected chi connectivity index (χ2v) is 8.84. The summed E-state index contributed by atoms with van der Waals surface area (Å²) in [4.78, 5) is 23.7. The lowest BCUT2D eigenvalue weighted by Gasteiger charge is -2.25. The average molecular weight is 396 g/mol. The highest BCUT2D eigenvalue weighted by atomic mass is 32.2. The van der Waals surface area contributed by atoms with Gasteiger partial charge in [-0.05, 0) is 50.3 Å². The summed E-state index contributed by atoms with van der Waals surface area (Å²) in [6.45, 7) is 5.23. The van der Waals surface area contributed by atoms with Crippen molar-refractivity contribution in [1.29, 1.82) is 0 Å². The smallest absolute Gasteiger partial charge is 0.309 e. The molecule has 0 aromatic heterocycles. The normalized spacial score (nSPS) is 16.5. The van der Waals surface area contributed by atoms with Crippen molar-refractivity contribution in [2.45, 2.75) is 56.9 Å². The van der Waals surface area contributed by atoms with Gasteiger partial charge in [0.25, 0.3) is 0 Å². The van der Waals surface area contributed by atoms with Crippen LogP contribution in [0.2, 0.25) is 0 Å². The van der Waals surface area contributed by atoms with Gasteiger partial charge in [0.1, 0.15) is 0 Å². The zero-order valence-electron chi connectivity index (χ0n) is 16.0. The number of carbonyl (C=O) groups is 2. The molecular formula is C19H29N3O4S. The number of piperidine rings is 1. The van der Waals surface area contributed by atoms with E-state index in [0.717, 1.165) is 31.2 Å². The maximum absolute atomic E-state index is 12.6. The van der Waals surface area contributed by atoms with Crippen LogP contribution in [0.1, 0.15) is 45.1 Å². The van der Waals surface area contributed by atoms with Gasteiger partial charge in [0.15, 0.2) is 0 Å². The van der Waals surface area contributed by atoms with E-state index in [9.17, 15) is 18.0 Å². The molecule has 0 spiro atoms. The Labute approximate surface area is 161 Å². The van der Waals surface area contributed by atoms with Gasteiger partial charge in [-0.3, -0.25) is 9.59 Å². The molecule has 1 aliphatic rings. The highest BCUT2D eigenvalue weighted by Gasteiger charge is 2.25. The number of hydrogen-bond donors (Lipinski definition) is 2. The van der Waals surface area contributed by atoms with Crippen LogP contribution in [0.5, 0.6) is 0 Å². The molecule has 1 fully saturated rings. The number of hydrogen-bond acceptors (Lipinski definition) is 4. The minimum Gasteiger partial charge on any atom is -0.348 e. The van der Waals surface area contributed by atoms with Gasteiger partial charge in [-0.1, -0.05) is 25.5 Å². The quantitative estimate of drug-likeness (QED) is 0.683. The molecule has 1 unspecified atom stereocenters. The first-order valence-corrected chi connectivity index (χ1v) is 11.0. The van der Waals surface area contributed by atoms with E-state index >= 15 is 0 Å². The van der Waals surface area contributed by atoms with Crippen LogP contribution >= 0.6 is 0 Å². The Morgan fingerprint density at radius 2 is 1.70 bits per heavy atom. The first kappa shape index (κ1) is 21.4. The van der Waals surface area contributed by atoms with Crippen molar-refractivity contribution in [3.05, 3.63) is 29.8 Å². The largest absolute Gasteiger partial charge is 0.348 e. The summed E-state index contributed by atoms with van der Waals surface area (Å²) in [7, 11) is -3.43. The molecule has 1 heterocycles. The van der Waals surface area contributed by atoms with Gasteiger partial charge in [0.05, 0.1) is 4.90 Å². The summed E-state index contributed by atoms with van der Waals surface area (Å²) in [6, 6.07) is 6.68. The van der Waals surface area contributed by atoms with Crippen LogP contribution in [-0.4, -0.2) is 50.2 Å². The van der Waals surface area contributed by atoms with Crippen molar-refractivity contribution in [2.24, 2.45) is 0 Å². The van der Waals surface area contributed by atoms with Crippen LogP contribution in [0, 0.1) is 0 Å². The van der Waals surface area contributed by atoms with E-state index in [1.54, 1.807) is 28.6 Å². The van der Waals surface area contributed by atoms with Gasteiger partial charge in [-0.2, -0.15) is 4.31 Å². The van der Waals surface area contributed by atoms with E-state index in [0.29, 0.717) is 31.0 Å². The van der Waals surface area contributed by atoms with E-state index < -0.39 is 21.8 Å². The molecule has 0 bridgehead atoms. The van der Waals surface area contributed by atoms with Crippen molar-refractivity contribution in [1.82, 2.24) is 14.9 Å². The standard InChI is InChI=1S/C19H29N3O4S/c1-3-15(2)21-19(24)18(23)20-12-11-16-7-9-17(10-8-16)27(25,26)22-13-5-4-6-14-22/h7-10,15H,3-6,11-14H2,1-2H3,(H,20,23)(H,21,24). The van der Waals surface area contributed by atoms with Crippen molar-refractivity contribution in [2.75, 3.05) is 19.6 Å². The Hall–Kier alpha value is -1.93. The molecule has 150 valence electrons. The predicted octanol–water partition coefficient (Wildman–Crippen LogP) is 1.43. The molecule has 7 nitrogen and oxygen atoms in total. The molecule has 0 radical (unpaired) electrons. The van der Waals surface area contributed by atoms with E-state index in [4.69, 9.17) is 0 Å². The fourth-order valence-electron chi connectivity index (χ4n) is 2.87. The number of nitrogens with zero attached hydrogens (tertiary/aromatic N) is 1. The van der Waals surface area contributed by atoms with Gasteiger partial charge in [-0.15, -0.1) is 0 Å². The van der Waals surface area contributed by atoms with Crippen LogP contribution < -0.4 is 10.6 Å². The summed E-state index contributed by atoms with van der Waals surface area (Å²) < 4.78 is 26.8. The van der Waals surface area contributed by atoms with Crippen LogP contribution in [-0.2, 0) is 26.0 Å². The average Bonchev–Trinajstić information content (AvgIpc) is 2.68. The molecule has 27 heavy (non-hydrogen) atoms. The third-order valence-electron chi connectivity index (χ3n) is 4.77. The van der Waals surface area contributed by atoms with Crippen LogP contribution in [0.4, 0.5) is 0 Å². The molecule has 2 rings (SSSR count). The Balaban J connectivity index is 1.85. The number of nitrogens with one attached hydrogen (secondary N) is 2. The fourth-order valence-corrected chi connectivity index (χ4v) is 4.39. The lowest BCUT2D eigenvalue weighted by molar-refractivity contribution is -0.139. The zero-order chi connectivity index (χ0) is 19.9. The minimum atomic E-state index is -3.43. The summed E-state index contributed by atoms with van der Waals surface area (Å²) in [5.74, 6) is -1.29. The number of rotatable bonds is 7. The molecule has 1 saturated heterocycles. The summed E-state index contributed by atoms with van der Waals surface area (Å²) in [5, 5.41) is 5.19. The Morgan fingerprint density at radius 3 is 2.30 bits per heavy atom. The van der Waals surface area contributed by atoms with Gasteiger partial charge < -0.3 is 10.6 Å². The van der Waals surface area contributed by atoms with Crippen molar-refractivity contribution < 1.29 is 18.0 Å². The first-order chi connectivity index (χ1) is 12.8. The van der Waals surface area contributed by atoms with Gasteiger partial charge in [0, 0.05) is 25.7 Å². The number of carbonyl (C=O) groups excluding carboxylic acids is 2. The highest BCUT2D eigenvalue weighted by molar-refractivity contribution is 7.89. The highest BCUT2D eigenvalue weighted by Crippen LogP contribution is 2.20. The lowest BCUT2D eigenvalue weighted by atomic mass is 10.1. The summed E-state index contributed by atoms with van der Waals surface area (Å²) >= 11 is 0. The monoisotopic (exact) mass is 395 g/mol. The summed E-state index contributed by atoms with van der Waals surface area (Å²) in [5.41, 5.74) is 0.898. The third kappa shape index (κ3) is 6.04. The third-order valence-corrected chi connectivity index (χ3v) is 6.68. The van der Waals surface area contributed by atoms with Crippen LogP contribution in [0.3, 0.4) is 0 Å². The Kier molecular flexibility index (Phi) is 7.79. The molecule has 2 N–H and O–H groups in total. The topological polar surface area (TPSA) is 95.6 Å². The van der Waals surface area contributed by atoms with Crippen LogP contribution in [0.25, 0.3) is 0 Å². The van der Waals surface area contributed by atoms with Crippen LogP contribution in [0.15, 0.2) is 29.2 Å². The number of sulfonamides is 1. The minimum absolute atomic E-state index is 0.0438. The number of benzene rings is 1. The van der Waals surface area contributed by atoms with Gasteiger partial charge in [-0.25, -0.2) is 8.42 Å². The van der Waals surface area contributed by atoms with Gasteiger partial charge >= 0.3 is 11.8 Å². The SMILES string of the molecule is CCC(C)NC(=O)C(=O)NCCc1ccc(S(=O)(=O)N2CCCCC2)cc1. The predicted molar refractivity (Wildman–Crippen MR) is 104 cm³/mol. The molecule has 1 aliphatic heterocycles. The molecule has 1 atom stereocenters. The first-order valence-electron chi connectivity index (χ1n) is 9.52.